The molecule has 0 bridgehead atoms. The standard InChI is InChI=1S/C21H20N4O2S/c1-14(15-7-3-6-10-19(15)27-2)23-20(26)11-25-18-9-5-4-8-16(18)24-21(25)17-12-28-13-22-17/h3-10,12-14H,11H2,1-2H3,(H,23,26)/t14-/m0/s1. The van der Waals surface area contributed by atoms with Gasteiger partial charge in [-0.25, -0.2) is 9.97 Å². The number of nitrogens with one attached hydrogen (secondary N) is 1. The number of nitrogens with zero attached hydrogens (tertiary/aromatic N) is 3. The monoisotopic (exact) mass is 392 g/mol. The maximum Gasteiger partial charge on any atom is 0.240 e. The van der Waals surface area contributed by atoms with Crippen LogP contribution in [0.15, 0.2) is 59.4 Å². The van der Waals surface area contributed by atoms with Crippen molar-refractivity contribution in [3.8, 4) is 17.3 Å². The highest BCUT2D eigenvalue weighted by molar-refractivity contribution is 7.07. The van der Waals surface area contributed by atoms with Gasteiger partial charge in [-0.05, 0) is 25.1 Å². The van der Waals surface area contributed by atoms with E-state index in [1.54, 1.807) is 12.6 Å². The molecule has 7 heteroatoms. The van der Waals surface area contributed by atoms with Crippen LogP contribution in [0.5, 0.6) is 5.75 Å². The van der Waals surface area contributed by atoms with E-state index in [2.05, 4.69) is 15.3 Å². The van der Waals surface area contributed by atoms with Crippen molar-refractivity contribution in [1.29, 1.82) is 0 Å². The largest absolute Gasteiger partial charge is 0.496 e. The number of carbonyl (C=O) groups excluding carboxylic acids is 1. The summed E-state index contributed by atoms with van der Waals surface area (Å²) in [6.45, 7) is 2.11. The van der Waals surface area contributed by atoms with Crippen LogP contribution >= 0.6 is 11.3 Å². The van der Waals surface area contributed by atoms with E-state index in [0.717, 1.165) is 28.0 Å². The van der Waals surface area contributed by atoms with E-state index in [1.807, 2.05) is 65.4 Å². The molecule has 1 atom stereocenters. The van der Waals surface area contributed by atoms with Gasteiger partial charge in [-0.1, -0.05) is 30.3 Å². The van der Waals surface area contributed by atoms with Crippen molar-refractivity contribution < 1.29 is 9.53 Å². The zero-order chi connectivity index (χ0) is 19.5. The highest BCUT2D eigenvalue weighted by atomic mass is 32.1. The number of rotatable bonds is 6. The quantitative estimate of drug-likeness (QED) is 0.538. The molecule has 2 heterocycles. The van der Waals surface area contributed by atoms with E-state index in [1.165, 1.54) is 11.3 Å². The number of imidazole rings is 1. The summed E-state index contributed by atoms with van der Waals surface area (Å²) >= 11 is 1.51. The summed E-state index contributed by atoms with van der Waals surface area (Å²) < 4.78 is 7.32. The Morgan fingerprint density at radius 3 is 2.79 bits per heavy atom. The lowest BCUT2D eigenvalue weighted by Gasteiger charge is -2.18. The lowest BCUT2D eigenvalue weighted by molar-refractivity contribution is -0.122. The number of fused-ring (bicyclic) bond motifs is 1. The maximum atomic E-state index is 12.8. The Balaban J connectivity index is 1.61. The smallest absolute Gasteiger partial charge is 0.240 e. The molecule has 2 aromatic carbocycles. The van der Waals surface area contributed by atoms with Gasteiger partial charge in [-0.15, -0.1) is 11.3 Å². The SMILES string of the molecule is COc1ccccc1[C@H](C)NC(=O)Cn1c(-c2cscn2)nc2ccccc21. The number of methoxy groups -OCH3 is 1. The van der Waals surface area contributed by atoms with E-state index >= 15 is 0 Å². The third-order valence-electron chi connectivity index (χ3n) is 4.60. The minimum atomic E-state index is -0.179. The van der Waals surface area contributed by atoms with Crippen LogP contribution in [0.4, 0.5) is 0 Å². The van der Waals surface area contributed by atoms with Crippen LogP contribution in [-0.2, 0) is 11.3 Å². The molecule has 0 radical (unpaired) electrons. The van der Waals surface area contributed by atoms with Crippen LogP contribution in [-0.4, -0.2) is 27.6 Å². The van der Waals surface area contributed by atoms with Gasteiger partial charge < -0.3 is 14.6 Å². The predicted octanol–water partition coefficient (Wildman–Crippen LogP) is 4.05. The number of para-hydroxylation sites is 3. The van der Waals surface area contributed by atoms with Gasteiger partial charge in [0.05, 0.1) is 29.7 Å². The van der Waals surface area contributed by atoms with E-state index in [0.29, 0.717) is 5.82 Å². The molecule has 0 aliphatic heterocycles. The Hall–Kier alpha value is -3.19. The average Bonchev–Trinajstić information content (AvgIpc) is 3.36. The van der Waals surface area contributed by atoms with E-state index in [-0.39, 0.29) is 18.5 Å². The van der Waals surface area contributed by atoms with Crippen molar-refractivity contribution >= 4 is 28.3 Å². The van der Waals surface area contributed by atoms with Crippen molar-refractivity contribution in [2.24, 2.45) is 0 Å². The zero-order valence-corrected chi connectivity index (χ0v) is 16.4. The number of hydrogen-bond donors (Lipinski definition) is 1. The fourth-order valence-corrected chi connectivity index (χ4v) is 3.82. The molecular formula is C21H20N4O2S. The first-order valence-electron chi connectivity index (χ1n) is 8.93. The van der Waals surface area contributed by atoms with Crippen molar-refractivity contribution in [1.82, 2.24) is 19.9 Å². The first-order chi connectivity index (χ1) is 13.7. The second kappa shape index (κ2) is 7.82. The van der Waals surface area contributed by atoms with Crippen LogP contribution in [0.25, 0.3) is 22.6 Å². The minimum Gasteiger partial charge on any atom is -0.496 e. The van der Waals surface area contributed by atoms with Gasteiger partial charge in [-0.2, -0.15) is 0 Å². The topological polar surface area (TPSA) is 69.0 Å². The minimum absolute atomic E-state index is 0.0990. The van der Waals surface area contributed by atoms with Gasteiger partial charge in [0.15, 0.2) is 5.82 Å². The van der Waals surface area contributed by atoms with Crippen LogP contribution < -0.4 is 10.1 Å². The number of amides is 1. The third kappa shape index (κ3) is 3.48. The molecule has 28 heavy (non-hydrogen) atoms. The van der Waals surface area contributed by atoms with Gasteiger partial charge in [0.1, 0.15) is 18.0 Å². The summed E-state index contributed by atoms with van der Waals surface area (Å²) in [5.74, 6) is 1.35. The van der Waals surface area contributed by atoms with Gasteiger partial charge in [-0.3, -0.25) is 4.79 Å². The number of benzene rings is 2. The normalized spacial score (nSPS) is 12.1. The van der Waals surface area contributed by atoms with Gasteiger partial charge in [0, 0.05) is 10.9 Å². The zero-order valence-electron chi connectivity index (χ0n) is 15.6. The van der Waals surface area contributed by atoms with Gasteiger partial charge in [0.25, 0.3) is 0 Å². The maximum absolute atomic E-state index is 12.8. The van der Waals surface area contributed by atoms with Crippen LogP contribution in [0.3, 0.4) is 0 Å². The van der Waals surface area contributed by atoms with Crippen LogP contribution in [0.2, 0.25) is 0 Å². The molecule has 0 spiro atoms. The number of thiazole rings is 1. The lowest BCUT2D eigenvalue weighted by Crippen LogP contribution is -2.30. The molecule has 142 valence electrons. The number of hydrogen-bond acceptors (Lipinski definition) is 5. The van der Waals surface area contributed by atoms with Crippen molar-refractivity contribution in [3.63, 3.8) is 0 Å². The fraction of sp³-hybridized carbons (Fsp3) is 0.190. The lowest BCUT2D eigenvalue weighted by atomic mass is 10.1. The Morgan fingerprint density at radius 1 is 1.21 bits per heavy atom. The van der Waals surface area contributed by atoms with E-state index in [4.69, 9.17) is 4.74 Å². The van der Waals surface area contributed by atoms with E-state index < -0.39 is 0 Å². The predicted molar refractivity (Wildman–Crippen MR) is 110 cm³/mol. The molecule has 2 aromatic heterocycles. The fourth-order valence-electron chi connectivity index (χ4n) is 3.29. The summed E-state index contributed by atoms with van der Waals surface area (Å²) in [6, 6.07) is 15.3. The summed E-state index contributed by atoms with van der Waals surface area (Å²) in [5.41, 5.74) is 5.23. The van der Waals surface area contributed by atoms with Gasteiger partial charge in [0.2, 0.25) is 5.91 Å². The second-order valence-corrected chi connectivity index (χ2v) is 7.13. The molecule has 0 aliphatic carbocycles. The molecule has 0 saturated carbocycles. The molecule has 4 rings (SSSR count). The molecule has 0 saturated heterocycles. The first-order valence-corrected chi connectivity index (χ1v) is 9.87. The number of ether oxygens (including phenoxy) is 1. The molecular weight excluding hydrogens is 372 g/mol. The Labute approximate surface area is 166 Å². The summed E-state index contributed by atoms with van der Waals surface area (Å²) in [7, 11) is 1.63. The summed E-state index contributed by atoms with van der Waals surface area (Å²) in [6.07, 6.45) is 0. The average molecular weight is 392 g/mol. The Kier molecular flexibility index (Phi) is 5.08. The molecule has 0 aliphatic rings. The number of aromatic nitrogens is 3. The highest BCUT2D eigenvalue weighted by Gasteiger charge is 2.18. The Bertz CT molecular complexity index is 1100. The molecule has 1 N–H and O–H groups in total. The summed E-state index contributed by atoms with van der Waals surface area (Å²) in [4.78, 5) is 21.9. The molecule has 0 unspecified atom stereocenters. The van der Waals surface area contributed by atoms with E-state index in [9.17, 15) is 4.79 Å². The third-order valence-corrected chi connectivity index (χ3v) is 5.19. The highest BCUT2D eigenvalue weighted by Crippen LogP contribution is 2.26. The van der Waals surface area contributed by atoms with Crippen LogP contribution in [0, 0.1) is 0 Å². The first kappa shape index (κ1) is 18.2. The second-order valence-electron chi connectivity index (χ2n) is 6.42. The van der Waals surface area contributed by atoms with Crippen LogP contribution in [0.1, 0.15) is 18.5 Å². The van der Waals surface area contributed by atoms with Gasteiger partial charge >= 0.3 is 0 Å². The van der Waals surface area contributed by atoms with Crippen molar-refractivity contribution in [2.45, 2.75) is 19.5 Å². The molecule has 0 fully saturated rings. The van der Waals surface area contributed by atoms with Crippen molar-refractivity contribution in [3.05, 3.63) is 65.0 Å². The molecule has 4 aromatic rings. The summed E-state index contributed by atoms with van der Waals surface area (Å²) in [5, 5.41) is 5.00. The van der Waals surface area contributed by atoms with Crippen molar-refractivity contribution in [2.75, 3.05) is 7.11 Å². The molecule has 6 nitrogen and oxygen atoms in total. The Morgan fingerprint density at radius 2 is 2.00 bits per heavy atom. The molecule has 1 amide bonds. The number of carbonyl (C=O) groups is 1.